The van der Waals surface area contributed by atoms with E-state index >= 15 is 0 Å². The molecule has 1 aromatic rings. The smallest absolute Gasteiger partial charge is 0.327 e. The van der Waals surface area contributed by atoms with E-state index in [4.69, 9.17) is 4.74 Å². The highest BCUT2D eigenvalue weighted by Crippen LogP contribution is 2.33. The molecular weight excluding hydrogens is 438 g/mol. The molecule has 0 spiro atoms. The van der Waals surface area contributed by atoms with E-state index in [-0.39, 0.29) is 4.90 Å². The first-order valence-corrected chi connectivity index (χ1v) is 9.95. The second kappa shape index (κ2) is 6.98. The van der Waals surface area contributed by atoms with E-state index in [1.54, 1.807) is 12.1 Å². The maximum Gasteiger partial charge on any atom is 0.327 e. The molecule has 1 fully saturated rings. The highest BCUT2D eigenvalue weighted by atomic mass is 79.9. The number of hydrogen-bond acceptors (Lipinski definition) is 4. The van der Waals surface area contributed by atoms with Gasteiger partial charge >= 0.3 is 5.97 Å². The van der Waals surface area contributed by atoms with Crippen LogP contribution in [0.15, 0.2) is 32.0 Å². The Hall–Kier alpha value is -0.440. The fourth-order valence-corrected chi connectivity index (χ4v) is 5.61. The van der Waals surface area contributed by atoms with E-state index in [1.807, 2.05) is 0 Å². The summed E-state index contributed by atoms with van der Waals surface area (Å²) in [5.41, 5.74) is -1.17. The van der Waals surface area contributed by atoms with Gasteiger partial charge in [0.25, 0.3) is 0 Å². The summed E-state index contributed by atoms with van der Waals surface area (Å²) in [7, 11) is -2.57. The summed E-state index contributed by atoms with van der Waals surface area (Å²) >= 11 is 6.51. The Kier molecular flexibility index (Phi) is 5.68. The molecule has 0 aromatic heterocycles. The maximum atomic E-state index is 12.7. The molecular formula is C14H17Br2NO4S. The summed E-state index contributed by atoms with van der Waals surface area (Å²) in [6.07, 6.45) is 3.46. The van der Waals surface area contributed by atoms with E-state index in [0.717, 1.165) is 19.3 Å². The van der Waals surface area contributed by atoms with Gasteiger partial charge in [-0.25, -0.2) is 8.42 Å². The first-order chi connectivity index (χ1) is 10.3. The maximum absolute atomic E-state index is 12.7. The van der Waals surface area contributed by atoms with Crippen molar-refractivity contribution in [1.29, 1.82) is 0 Å². The second-order valence-corrected chi connectivity index (χ2v) is 8.74. The normalized spacial score (nSPS) is 18.0. The molecule has 0 bridgehead atoms. The molecule has 0 radical (unpaired) electrons. The number of ether oxygens (including phenoxy) is 1. The van der Waals surface area contributed by atoms with Crippen molar-refractivity contribution >= 4 is 47.9 Å². The van der Waals surface area contributed by atoms with E-state index < -0.39 is 21.5 Å². The highest BCUT2D eigenvalue weighted by Gasteiger charge is 2.44. The fraction of sp³-hybridized carbons (Fsp3) is 0.500. The average molecular weight is 455 g/mol. The van der Waals surface area contributed by atoms with Crippen molar-refractivity contribution < 1.29 is 17.9 Å². The lowest BCUT2D eigenvalue weighted by Crippen LogP contribution is -2.56. The van der Waals surface area contributed by atoms with Crippen LogP contribution in [0.4, 0.5) is 0 Å². The predicted octanol–water partition coefficient (Wildman–Crippen LogP) is 3.37. The molecule has 0 unspecified atom stereocenters. The number of carbonyl (C=O) groups excluding carboxylic acids is 1. The number of esters is 1. The number of methoxy groups -OCH3 is 1. The number of hydrogen-bond donors (Lipinski definition) is 1. The van der Waals surface area contributed by atoms with Crippen LogP contribution in [-0.4, -0.2) is 27.0 Å². The van der Waals surface area contributed by atoms with Gasteiger partial charge in [0.05, 0.1) is 12.0 Å². The minimum Gasteiger partial charge on any atom is -0.468 e. The first kappa shape index (κ1) is 17.9. The molecule has 0 heterocycles. The topological polar surface area (TPSA) is 72.5 Å². The van der Waals surface area contributed by atoms with Gasteiger partial charge in [0, 0.05) is 8.95 Å². The number of carbonyl (C=O) groups is 1. The molecule has 1 N–H and O–H groups in total. The molecule has 0 amide bonds. The second-order valence-electron chi connectivity index (χ2n) is 5.31. The fourth-order valence-electron chi connectivity index (χ4n) is 2.69. The number of nitrogens with one attached hydrogen (secondary N) is 1. The summed E-state index contributed by atoms with van der Waals surface area (Å²) in [5, 5.41) is 0. The Morgan fingerprint density at radius 2 is 1.86 bits per heavy atom. The van der Waals surface area contributed by atoms with Crippen LogP contribution in [0.2, 0.25) is 0 Å². The van der Waals surface area contributed by atoms with E-state index in [2.05, 4.69) is 36.6 Å². The number of sulfonamides is 1. The van der Waals surface area contributed by atoms with Crippen molar-refractivity contribution in [2.45, 2.75) is 42.5 Å². The van der Waals surface area contributed by atoms with Crippen LogP contribution in [0, 0.1) is 0 Å². The van der Waals surface area contributed by atoms with Crippen LogP contribution in [0.3, 0.4) is 0 Å². The molecule has 0 saturated heterocycles. The largest absolute Gasteiger partial charge is 0.468 e. The zero-order valence-corrected chi connectivity index (χ0v) is 16.1. The van der Waals surface area contributed by atoms with Gasteiger partial charge in [-0.2, -0.15) is 4.72 Å². The predicted molar refractivity (Wildman–Crippen MR) is 90.0 cm³/mol. The number of rotatable bonds is 4. The standard InChI is InChI=1S/C14H17Br2NO4S/c1-21-13(18)14(7-3-2-4-8-14)17-22(19,20)12-9-10(15)5-6-11(12)16/h5-6,9,17H,2-4,7-8H2,1H3. The van der Waals surface area contributed by atoms with Gasteiger partial charge in [0.2, 0.25) is 10.0 Å². The van der Waals surface area contributed by atoms with Crippen molar-refractivity contribution in [2.24, 2.45) is 0 Å². The van der Waals surface area contributed by atoms with Gasteiger partial charge in [-0.3, -0.25) is 4.79 Å². The van der Waals surface area contributed by atoms with Crippen molar-refractivity contribution in [2.75, 3.05) is 7.11 Å². The van der Waals surface area contributed by atoms with E-state index in [9.17, 15) is 13.2 Å². The number of halogens is 2. The quantitative estimate of drug-likeness (QED) is 0.708. The summed E-state index contributed by atoms with van der Waals surface area (Å²) in [5.74, 6) is -0.526. The van der Waals surface area contributed by atoms with Crippen LogP contribution < -0.4 is 4.72 Å². The van der Waals surface area contributed by atoms with E-state index in [0.29, 0.717) is 21.8 Å². The monoisotopic (exact) mass is 453 g/mol. The summed E-state index contributed by atoms with van der Waals surface area (Å²) in [4.78, 5) is 12.3. The molecule has 8 heteroatoms. The molecule has 5 nitrogen and oxygen atoms in total. The lowest BCUT2D eigenvalue weighted by molar-refractivity contribution is -0.149. The summed E-state index contributed by atoms with van der Waals surface area (Å²) in [6, 6.07) is 4.88. The van der Waals surface area contributed by atoms with E-state index in [1.165, 1.54) is 13.2 Å². The summed E-state index contributed by atoms with van der Waals surface area (Å²) in [6.45, 7) is 0. The Morgan fingerprint density at radius 3 is 2.45 bits per heavy atom. The molecule has 22 heavy (non-hydrogen) atoms. The van der Waals surface area contributed by atoms with Crippen LogP contribution in [0.5, 0.6) is 0 Å². The Balaban J connectivity index is 2.40. The van der Waals surface area contributed by atoms with Crippen molar-refractivity contribution in [3.8, 4) is 0 Å². The minimum absolute atomic E-state index is 0.0933. The summed E-state index contributed by atoms with van der Waals surface area (Å²) < 4.78 is 34.0. The first-order valence-electron chi connectivity index (χ1n) is 6.88. The third-order valence-corrected chi connectivity index (χ3v) is 6.82. The van der Waals surface area contributed by atoms with Crippen molar-refractivity contribution in [1.82, 2.24) is 4.72 Å². The third kappa shape index (κ3) is 3.72. The molecule has 1 aliphatic rings. The van der Waals surface area contributed by atoms with Gasteiger partial charge in [-0.05, 0) is 47.0 Å². The Morgan fingerprint density at radius 1 is 1.23 bits per heavy atom. The number of benzene rings is 1. The SMILES string of the molecule is COC(=O)C1(NS(=O)(=O)c2cc(Br)ccc2Br)CCCCC1. The van der Waals surface area contributed by atoms with Gasteiger partial charge < -0.3 is 4.74 Å². The van der Waals surface area contributed by atoms with Crippen LogP contribution in [0.25, 0.3) is 0 Å². The molecule has 1 saturated carbocycles. The highest BCUT2D eigenvalue weighted by molar-refractivity contribution is 9.11. The van der Waals surface area contributed by atoms with Crippen LogP contribution in [0.1, 0.15) is 32.1 Å². The van der Waals surface area contributed by atoms with Crippen LogP contribution in [-0.2, 0) is 19.6 Å². The molecule has 1 aromatic carbocycles. The molecule has 1 aliphatic carbocycles. The van der Waals surface area contributed by atoms with Gasteiger partial charge in [-0.15, -0.1) is 0 Å². The van der Waals surface area contributed by atoms with Crippen molar-refractivity contribution in [3.05, 3.63) is 27.1 Å². The minimum atomic E-state index is -3.85. The van der Waals surface area contributed by atoms with Gasteiger partial charge in [0.1, 0.15) is 5.54 Å². The average Bonchev–Trinajstić information content (AvgIpc) is 2.49. The molecule has 0 atom stereocenters. The zero-order valence-electron chi connectivity index (χ0n) is 12.1. The van der Waals surface area contributed by atoms with Crippen LogP contribution >= 0.6 is 31.9 Å². The molecule has 2 rings (SSSR count). The van der Waals surface area contributed by atoms with Gasteiger partial charge in [0.15, 0.2) is 0 Å². The van der Waals surface area contributed by atoms with Crippen molar-refractivity contribution in [3.63, 3.8) is 0 Å². The lowest BCUT2D eigenvalue weighted by atomic mass is 9.83. The third-order valence-electron chi connectivity index (χ3n) is 3.80. The Bertz CT molecular complexity index is 669. The molecule has 0 aliphatic heterocycles. The zero-order chi connectivity index (χ0) is 16.4. The Labute approximate surface area is 147 Å². The van der Waals surface area contributed by atoms with Gasteiger partial charge in [-0.1, -0.05) is 35.2 Å². The lowest BCUT2D eigenvalue weighted by Gasteiger charge is -2.34. The molecule has 122 valence electrons.